The van der Waals surface area contributed by atoms with E-state index >= 15 is 0 Å². The molecule has 21 heavy (non-hydrogen) atoms. The van der Waals surface area contributed by atoms with E-state index in [1.807, 2.05) is 11.6 Å². The summed E-state index contributed by atoms with van der Waals surface area (Å²) in [4.78, 5) is 12.0. The molecule has 0 spiro atoms. The largest absolute Gasteiger partial charge is 0.335 e. The average Bonchev–Trinajstić information content (AvgIpc) is 2.64. The first-order chi connectivity index (χ1) is 10.1. The summed E-state index contributed by atoms with van der Waals surface area (Å²) in [5.41, 5.74) is 3.28. The Morgan fingerprint density at radius 1 is 1.24 bits per heavy atom. The second-order valence-corrected chi connectivity index (χ2v) is 5.98. The van der Waals surface area contributed by atoms with Crippen LogP contribution in [0.3, 0.4) is 0 Å². The van der Waals surface area contributed by atoms with Gasteiger partial charge < -0.3 is 10.6 Å². The third-order valence-corrected chi connectivity index (χ3v) is 4.45. The van der Waals surface area contributed by atoms with Crippen molar-refractivity contribution in [3.63, 3.8) is 0 Å². The normalized spacial score (nSPS) is 16.5. The Bertz CT molecular complexity index is 473. The van der Waals surface area contributed by atoms with Crippen molar-refractivity contribution in [3.05, 3.63) is 17.0 Å². The van der Waals surface area contributed by atoms with Crippen LogP contribution in [-0.2, 0) is 13.1 Å². The van der Waals surface area contributed by atoms with Crippen LogP contribution in [0, 0.1) is 13.8 Å². The predicted molar refractivity (Wildman–Crippen MR) is 84.2 cm³/mol. The van der Waals surface area contributed by atoms with Gasteiger partial charge in [0, 0.05) is 30.4 Å². The maximum Gasteiger partial charge on any atom is 0.315 e. The third kappa shape index (κ3) is 4.22. The van der Waals surface area contributed by atoms with Crippen LogP contribution in [0.4, 0.5) is 4.79 Å². The summed E-state index contributed by atoms with van der Waals surface area (Å²) in [5.74, 6) is 0. The van der Waals surface area contributed by atoms with Crippen LogP contribution >= 0.6 is 0 Å². The minimum absolute atomic E-state index is 0.0510. The van der Waals surface area contributed by atoms with Crippen LogP contribution in [0.5, 0.6) is 0 Å². The maximum absolute atomic E-state index is 12.0. The molecule has 1 aromatic rings. The molecule has 0 radical (unpaired) electrons. The summed E-state index contributed by atoms with van der Waals surface area (Å²) in [6.45, 7) is 7.55. The van der Waals surface area contributed by atoms with Crippen LogP contribution in [0.1, 0.15) is 62.4 Å². The third-order valence-electron chi connectivity index (χ3n) is 4.45. The van der Waals surface area contributed by atoms with Gasteiger partial charge >= 0.3 is 6.03 Å². The van der Waals surface area contributed by atoms with Gasteiger partial charge in [0.05, 0.1) is 5.69 Å². The highest BCUT2D eigenvalue weighted by Gasteiger charge is 2.16. The van der Waals surface area contributed by atoms with E-state index in [9.17, 15) is 4.79 Å². The Morgan fingerprint density at radius 2 is 1.90 bits per heavy atom. The van der Waals surface area contributed by atoms with E-state index in [2.05, 4.69) is 29.6 Å². The highest BCUT2D eigenvalue weighted by Crippen LogP contribution is 2.17. The van der Waals surface area contributed by atoms with Crippen LogP contribution < -0.4 is 10.6 Å². The molecule has 0 bridgehead atoms. The summed E-state index contributed by atoms with van der Waals surface area (Å²) in [6.07, 6.45) is 7.28. The number of amides is 2. The van der Waals surface area contributed by atoms with Gasteiger partial charge in [0.1, 0.15) is 0 Å². The zero-order valence-electron chi connectivity index (χ0n) is 13.5. The fourth-order valence-corrected chi connectivity index (χ4v) is 3.13. The first-order valence-corrected chi connectivity index (χ1v) is 8.19. The Hall–Kier alpha value is -1.52. The SMILES string of the molecule is CCn1nc(C)c(CNC(=O)NC2CCCCCC2)c1C. The van der Waals surface area contributed by atoms with Crippen molar-refractivity contribution in [2.75, 3.05) is 0 Å². The quantitative estimate of drug-likeness (QED) is 0.838. The number of hydrogen-bond acceptors (Lipinski definition) is 2. The Morgan fingerprint density at radius 3 is 2.48 bits per heavy atom. The average molecular weight is 292 g/mol. The van der Waals surface area contributed by atoms with E-state index in [0.717, 1.165) is 36.3 Å². The van der Waals surface area contributed by atoms with Crippen molar-refractivity contribution >= 4 is 6.03 Å². The zero-order chi connectivity index (χ0) is 15.2. The van der Waals surface area contributed by atoms with Crippen LogP contribution in [0.15, 0.2) is 0 Å². The fourth-order valence-electron chi connectivity index (χ4n) is 3.13. The van der Waals surface area contributed by atoms with Crippen molar-refractivity contribution in [2.45, 2.75) is 78.4 Å². The molecule has 0 atom stereocenters. The molecular weight excluding hydrogens is 264 g/mol. The van der Waals surface area contributed by atoms with Crippen LogP contribution in [0.25, 0.3) is 0 Å². The maximum atomic E-state index is 12.0. The van der Waals surface area contributed by atoms with Gasteiger partial charge in [-0.2, -0.15) is 5.10 Å². The topological polar surface area (TPSA) is 59.0 Å². The van der Waals surface area contributed by atoms with Gasteiger partial charge in [0.15, 0.2) is 0 Å². The van der Waals surface area contributed by atoms with Crippen molar-refractivity contribution in [2.24, 2.45) is 0 Å². The van der Waals surface area contributed by atoms with E-state index in [0.29, 0.717) is 12.6 Å². The minimum atomic E-state index is -0.0510. The molecule has 1 aliphatic rings. The van der Waals surface area contributed by atoms with Gasteiger partial charge in [-0.05, 0) is 33.6 Å². The van der Waals surface area contributed by atoms with Gasteiger partial charge in [0.25, 0.3) is 0 Å². The smallest absolute Gasteiger partial charge is 0.315 e. The number of aryl methyl sites for hydroxylation is 2. The number of nitrogens with one attached hydrogen (secondary N) is 2. The number of urea groups is 1. The fraction of sp³-hybridized carbons (Fsp3) is 0.750. The standard InChI is InChI=1S/C16H28N4O/c1-4-20-13(3)15(12(2)19-20)11-17-16(21)18-14-9-7-5-6-8-10-14/h14H,4-11H2,1-3H3,(H2,17,18,21). The van der Waals surface area contributed by atoms with Crippen molar-refractivity contribution < 1.29 is 4.79 Å². The molecule has 0 aromatic carbocycles. The lowest BCUT2D eigenvalue weighted by Gasteiger charge is -2.16. The van der Waals surface area contributed by atoms with E-state index in [4.69, 9.17) is 0 Å². The van der Waals surface area contributed by atoms with E-state index in [1.165, 1.54) is 25.7 Å². The molecule has 1 aliphatic carbocycles. The summed E-state index contributed by atoms with van der Waals surface area (Å²) in [6, 6.07) is 0.290. The molecular formula is C16H28N4O. The Kier molecular flexibility index (Phi) is 5.65. The Labute approximate surface area is 127 Å². The Balaban J connectivity index is 1.84. The van der Waals surface area contributed by atoms with Crippen LogP contribution in [0.2, 0.25) is 0 Å². The highest BCUT2D eigenvalue weighted by atomic mass is 16.2. The predicted octanol–water partition coefficient (Wildman–Crippen LogP) is 3.04. The van der Waals surface area contributed by atoms with Gasteiger partial charge in [-0.3, -0.25) is 4.68 Å². The van der Waals surface area contributed by atoms with Gasteiger partial charge in [-0.1, -0.05) is 25.7 Å². The van der Waals surface area contributed by atoms with Gasteiger partial charge in [0.2, 0.25) is 0 Å². The minimum Gasteiger partial charge on any atom is -0.335 e. The van der Waals surface area contributed by atoms with Gasteiger partial charge in [-0.15, -0.1) is 0 Å². The molecule has 1 heterocycles. The molecule has 1 fully saturated rings. The van der Waals surface area contributed by atoms with Crippen molar-refractivity contribution in [3.8, 4) is 0 Å². The molecule has 5 heteroatoms. The summed E-state index contributed by atoms with van der Waals surface area (Å²) in [7, 11) is 0. The molecule has 1 aromatic heterocycles. The molecule has 0 saturated heterocycles. The van der Waals surface area contributed by atoms with Crippen LogP contribution in [-0.4, -0.2) is 21.9 Å². The molecule has 0 unspecified atom stereocenters. The summed E-state index contributed by atoms with van der Waals surface area (Å²) < 4.78 is 1.98. The van der Waals surface area contributed by atoms with E-state index < -0.39 is 0 Å². The molecule has 2 amide bonds. The number of carbonyl (C=O) groups excluding carboxylic acids is 1. The van der Waals surface area contributed by atoms with Gasteiger partial charge in [-0.25, -0.2) is 4.79 Å². The van der Waals surface area contributed by atoms with E-state index in [-0.39, 0.29) is 6.03 Å². The lowest BCUT2D eigenvalue weighted by molar-refractivity contribution is 0.235. The lowest BCUT2D eigenvalue weighted by atomic mass is 10.1. The molecule has 2 rings (SSSR count). The van der Waals surface area contributed by atoms with E-state index in [1.54, 1.807) is 0 Å². The first kappa shape index (κ1) is 15.9. The van der Waals surface area contributed by atoms with Crippen molar-refractivity contribution in [1.29, 1.82) is 0 Å². The second kappa shape index (κ2) is 7.48. The molecule has 118 valence electrons. The second-order valence-electron chi connectivity index (χ2n) is 5.98. The summed E-state index contributed by atoms with van der Waals surface area (Å²) in [5, 5.41) is 10.6. The summed E-state index contributed by atoms with van der Waals surface area (Å²) >= 11 is 0. The number of aromatic nitrogens is 2. The number of nitrogens with zero attached hydrogens (tertiary/aromatic N) is 2. The molecule has 0 aliphatic heterocycles. The number of rotatable bonds is 4. The molecule has 1 saturated carbocycles. The number of hydrogen-bond donors (Lipinski definition) is 2. The first-order valence-electron chi connectivity index (χ1n) is 8.19. The lowest BCUT2D eigenvalue weighted by Crippen LogP contribution is -2.41. The number of carbonyl (C=O) groups is 1. The zero-order valence-corrected chi connectivity index (χ0v) is 13.5. The van der Waals surface area contributed by atoms with Crippen molar-refractivity contribution in [1.82, 2.24) is 20.4 Å². The monoisotopic (exact) mass is 292 g/mol. The highest BCUT2D eigenvalue weighted by molar-refractivity contribution is 5.74. The molecule has 2 N–H and O–H groups in total. The molecule has 5 nitrogen and oxygen atoms in total.